The van der Waals surface area contributed by atoms with Gasteiger partial charge in [0.1, 0.15) is 5.82 Å². The van der Waals surface area contributed by atoms with Crippen LogP contribution in [0.15, 0.2) is 77.3 Å². The molecule has 0 aliphatic heterocycles. The van der Waals surface area contributed by atoms with Gasteiger partial charge in [-0.3, -0.25) is 4.79 Å². The Labute approximate surface area is 201 Å². The number of amides is 1. The van der Waals surface area contributed by atoms with Gasteiger partial charge in [-0.05, 0) is 59.7 Å². The van der Waals surface area contributed by atoms with Gasteiger partial charge in [-0.25, -0.2) is 4.39 Å². The molecule has 6 nitrogen and oxygen atoms in total. The molecule has 1 heterocycles. The summed E-state index contributed by atoms with van der Waals surface area (Å²) in [5.41, 5.74) is 2.86. The van der Waals surface area contributed by atoms with Crippen LogP contribution in [0.25, 0.3) is 11.4 Å². The number of nitrogens with zero attached hydrogens (tertiary/aromatic N) is 4. The third kappa shape index (κ3) is 6.06. The van der Waals surface area contributed by atoms with Crippen LogP contribution in [0.1, 0.15) is 29.0 Å². The van der Waals surface area contributed by atoms with E-state index in [1.807, 2.05) is 0 Å². The fraction of sp³-hybridized carbons (Fsp3) is 0.154. The molecule has 0 atom stereocenters. The molecular formula is C26H20ClFN4O2. The Morgan fingerprint density at radius 2 is 1.76 bits per heavy atom. The normalized spacial score (nSPS) is 10.6. The number of rotatable bonds is 8. The summed E-state index contributed by atoms with van der Waals surface area (Å²) in [6.07, 6.45) is 0.417. The van der Waals surface area contributed by atoms with E-state index < -0.39 is 0 Å². The largest absolute Gasteiger partial charge is 0.339 e. The summed E-state index contributed by atoms with van der Waals surface area (Å²) < 4.78 is 19.0. The second-order valence-electron chi connectivity index (χ2n) is 7.71. The molecule has 3 aromatic carbocycles. The minimum atomic E-state index is -0.358. The molecule has 170 valence electrons. The molecule has 0 saturated carbocycles. The first-order valence-electron chi connectivity index (χ1n) is 10.6. The molecule has 0 N–H and O–H groups in total. The molecule has 0 aliphatic rings. The van der Waals surface area contributed by atoms with E-state index in [-0.39, 0.29) is 31.1 Å². The van der Waals surface area contributed by atoms with Crippen molar-refractivity contribution >= 4 is 17.5 Å². The predicted molar refractivity (Wildman–Crippen MR) is 125 cm³/mol. The highest BCUT2D eigenvalue weighted by atomic mass is 35.5. The van der Waals surface area contributed by atoms with Gasteiger partial charge in [0.15, 0.2) is 0 Å². The smallest absolute Gasteiger partial charge is 0.227 e. The fourth-order valence-electron chi connectivity index (χ4n) is 3.44. The highest BCUT2D eigenvalue weighted by Crippen LogP contribution is 2.20. The van der Waals surface area contributed by atoms with Crippen LogP contribution in [-0.2, 0) is 24.3 Å². The zero-order valence-electron chi connectivity index (χ0n) is 18.1. The van der Waals surface area contributed by atoms with Crippen molar-refractivity contribution in [3.05, 3.63) is 106 Å². The molecule has 8 heteroatoms. The van der Waals surface area contributed by atoms with Gasteiger partial charge in [-0.1, -0.05) is 41.0 Å². The van der Waals surface area contributed by atoms with Gasteiger partial charge >= 0.3 is 0 Å². The second-order valence-corrected chi connectivity index (χ2v) is 8.14. The Hall–Kier alpha value is -4.02. The molecule has 0 aliphatic carbocycles. The minimum Gasteiger partial charge on any atom is -0.339 e. The second kappa shape index (κ2) is 10.7. The third-order valence-electron chi connectivity index (χ3n) is 5.19. The number of aromatic nitrogens is 2. The Morgan fingerprint density at radius 3 is 2.47 bits per heavy atom. The van der Waals surface area contributed by atoms with Crippen LogP contribution < -0.4 is 0 Å². The van der Waals surface area contributed by atoms with Crippen molar-refractivity contribution in [1.29, 1.82) is 5.26 Å². The number of hydrogen-bond acceptors (Lipinski definition) is 5. The lowest BCUT2D eigenvalue weighted by Gasteiger charge is -2.23. The predicted octanol–water partition coefficient (Wildman–Crippen LogP) is 5.56. The van der Waals surface area contributed by atoms with Crippen molar-refractivity contribution in [3.8, 4) is 17.5 Å². The van der Waals surface area contributed by atoms with E-state index in [0.717, 1.165) is 11.1 Å². The monoisotopic (exact) mass is 474 g/mol. The summed E-state index contributed by atoms with van der Waals surface area (Å²) in [6, 6.07) is 22.3. The number of benzene rings is 3. The van der Waals surface area contributed by atoms with E-state index in [1.54, 1.807) is 65.6 Å². The third-order valence-corrected chi connectivity index (χ3v) is 5.45. The van der Waals surface area contributed by atoms with Crippen LogP contribution >= 0.6 is 11.6 Å². The zero-order chi connectivity index (χ0) is 23.9. The van der Waals surface area contributed by atoms with Crippen LogP contribution in [0, 0.1) is 17.1 Å². The molecule has 1 amide bonds. The summed E-state index contributed by atoms with van der Waals surface area (Å²) in [4.78, 5) is 19.1. The molecule has 0 bridgehead atoms. The summed E-state index contributed by atoms with van der Waals surface area (Å²) >= 11 is 5.92. The molecule has 0 fully saturated rings. The van der Waals surface area contributed by atoms with Crippen molar-refractivity contribution in [3.63, 3.8) is 0 Å². The van der Waals surface area contributed by atoms with Crippen molar-refractivity contribution in [2.75, 3.05) is 0 Å². The van der Waals surface area contributed by atoms with Crippen LogP contribution in [-0.4, -0.2) is 20.9 Å². The molecule has 4 aromatic rings. The van der Waals surface area contributed by atoms with Gasteiger partial charge in [-0.2, -0.15) is 10.2 Å². The lowest BCUT2D eigenvalue weighted by molar-refractivity contribution is -0.132. The van der Waals surface area contributed by atoms with Crippen molar-refractivity contribution in [2.45, 2.75) is 25.9 Å². The lowest BCUT2D eigenvalue weighted by Crippen LogP contribution is -2.30. The SMILES string of the molecule is N#Cc1ccc(CN(Cc2cccc(F)c2)C(=O)CCc2nc(-c3ccc(Cl)cc3)no2)cc1. The zero-order valence-corrected chi connectivity index (χ0v) is 18.9. The first-order valence-corrected chi connectivity index (χ1v) is 11.0. The fourth-order valence-corrected chi connectivity index (χ4v) is 3.56. The van der Waals surface area contributed by atoms with Crippen molar-refractivity contribution in [2.24, 2.45) is 0 Å². The Bertz CT molecular complexity index is 1310. The number of hydrogen-bond donors (Lipinski definition) is 0. The van der Waals surface area contributed by atoms with Gasteiger partial charge in [0.2, 0.25) is 17.6 Å². The average Bonchev–Trinajstić information content (AvgIpc) is 3.32. The van der Waals surface area contributed by atoms with E-state index in [2.05, 4.69) is 16.2 Å². The van der Waals surface area contributed by atoms with Crippen LogP contribution in [0.5, 0.6) is 0 Å². The molecule has 4 rings (SSSR count). The first kappa shape index (κ1) is 23.1. The molecule has 0 radical (unpaired) electrons. The Morgan fingerprint density at radius 1 is 1.03 bits per heavy atom. The minimum absolute atomic E-state index is 0.139. The average molecular weight is 475 g/mol. The van der Waals surface area contributed by atoms with Crippen LogP contribution in [0.4, 0.5) is 4.39 Å². The van der Waals surface area contributed by atoms with Gasteiger partial charge in [0.25, 0.3) is 0 Å². The molecular weight excluding hydrogens is 455 g/mol. The summed E-state index contributed by atoms with van der Waals surface area (Å²) in [6.45, 7) is 0.567. The van der Waals surface area contributed by atoms with E-state index in [4.69, 9.17) is 21.4 Å². The maximum atomic E-state index is 13.7. The van der Waals surface area contributed by atoms with Crippen molar-refractivity contribution in [1.82, 2.24) is 15.0 Å². The number of carbonyl (C=O) groups excluding carboxylic acids is 1. The number of nitriles is 1. The van der Waals surface area contributed by atoms with Crippen LogP contribution in [0.2, 0.25) is 5.02 Å². The highest BCUT2D eigenvalue weighted by Gasteiger charge is 2.17. The van der Waals surface area contributed by atoms with E-state index in [0.29, 0.717) is 34.4 Å². The topological polar surface area (TPSA) is 83.0 Å². The highest BCUT2D eigenvalue weighted by molar-refractivity contribution is 6.30. The van der Waals surface area contributed by atoms with Gasteiger partial charge in [0.05, 0.1) is 11.6 Å². The van der Waals surface area contributed by atoms with E-state index in [1.165, 1.54) is 12.1 Å². The number of aryl methyl sites for hydroxylation is 1. The van der Waals surface area contributed by atoms with E-state index >= 15 is 0 Å². The maximum absolute atomic E-state index is 13.7. The Kier molecular flexibility index (Phi) is 7.31. The summed E-state index contributed by atoms with van der Waals surface area (Å²) in [7, 11) is 0. The summed E-state index contributed by atoms with van der Waals surface area (Å²) in [5.74, 6) is 0.277. The summed E-state index contributed by atoms with van der Waals surface area (Å²) in [5, 5.41) is 13.6. The molecule has 0 unspecified atom stereocenters. The number of carbonyl (C=O) groups is 1. The van der Waals surface area contributed by atoms with Gasteiger partial charge in [-0.15, -0.1) is 0 Å². The molecule has 1 aromatic heterocycles. The Balaban J connectivity index is 1.46. The maximum Gasteiger partial charge on any atom is 0.227 e. The van der Waals surface area contributed by atoms with Crippen molar-refractivity contribution < 1.29 is 13.7 Å². The first-order chi connectivity index (χ1) is 16.5. The number of halogens is 2. The molecule has 0 saturated heterocycles. The van der Waals surface area contributed by atoms with E-state index in [9.17, 15) is 9.18 Å². The standard InChI is InChI=1S/C26H20ClFN4O2/c27-22-10-8-21(9-11-22)26-30-24(34-31-26)12-13-25(33)32(17-20-2-1-3-23(28)14-20)16-19-6-4-18(15-29)5-7-19/h1-11,14H,12-13,16-17H2. The van der Waals surface area contributed by atoms with Gasteiger partial charge < -0.3 is 9.42 Å². The van der Waals surface area contributed by atoms with Gasteiger partial charge in [0, 0.05) is 36.5 Å². The molecule has 0 spiro atoms. The quantitative estimate of drug-likeness (QED) is 0.333. The lowest BCUT2D eigenvalue weighted by atomic mass is 10.1. The molecule has 34 heavy (non-hydrogen) atoms. The van der Waals surface area contributed by atoms with Crippen LogP contribution in [0.3, 0.4) is 0 Å².